The molecule has 7 heteroatoms. The number of aliphatic imine (C=N–C) groups is 1. The molecule has 0 aliphatic carbocycles. The van der Waals surface area contributed by atoms with E-state index in [9.17, 15) is 4.79 Å². The van der Waals surface area contributed by atoms with Gasteiger partial charge in [0.2, 0.25) is 0 Å². The molecule has 0 radical (unpaired) electrons. The number of benzene rings is 1. The van der Waals surface area contributed by atoms with Crippen LogP contribution in [0.4, 0.5) is 4.79 Å². The molecule has 25 heavy (non-hydrogen) atoms. The number of carbonyl (C=O) groups excluding carboxylic acids is 1. The molecule has 1 aliphatic rings. The van der Waals surface area contributed by atoms with E-state index >= 15 is 0 Å². The number of nitrogens with one attached hydrogen (secondary N) is 1. The van der Waals surface area contributed by atoms with Crippen molar-refractivity contribution in [3.63, 3.8) is 0 Å². The van der Waals surface area contributed by atoms with Gasteiger partial charge in [-0.2, -0.15) is 0 Å². The Morgan fingerprint density at radius 2 is 2.00 bits per heavy atom. The van der Waals surface area contributed by atoms with Gasteiger partial charge in [-0.25, -0.2) is 9.79 Å². The SMILES string of the molecule is CCOC(=O)N1CCC(NC(N)=NCCOc2ccc(C)cc2)CC1. The van der Waals surface area contributed by atoms with Gasteiger partial charge in [0.1, 0.15) is 12.4 Å². The van der Waals surface area contributed by atoms with E-state index in [1.165, 1.54) is 5.56 Å². The van der Waals surface area contributed by atoms with Crippen LogP contribution in [0.3, 0.4) is 0 Å². The molecular weight excluding hydrogens is 320 g/mol. The van der Waals surface area contributed by atoms with E-state index in [2.05, 4.69) is 10.3 Å². The molecule has 1 aromatic carbocycles. The number of rotatable bonds is 6. The smallest absolute Gasteiger partial charge is 0.409 e. The van der Waals surface area contributed by atoms with Crippen molar-refractivity contribution in [1.29, 1.82) is 0 Å². The van der Waals surface area contributed by atoms with Crippen molar-refractivity contribution in [2.45, 2.75) is 32.7 Å². The molecule has 3 N–H and O–H groups in total. The lowest BCUT2D eigenvalue weighted by Crippen LogP contribution is -2.48. The second-order valence-electron chi connectivity index (χ2n) is 6.03. The fourth-order valence-electron chi connectivity index (χ4n) is 2.64. The van der Waals surface area contributed by atoms with Crippen LogP contribution in [-0.2, 0) is 4.74 Å². The van der Waals surface area contributed by atoms with Crippen LogP contribution in [0.15, 0.2) is 29.3 Å². The third-order valence-corrected chi connectivity index (χ3v) is 4.04. The average molecular weight is 348 g/mol. The first-order valence-electron chi connectivity index (χ1n) is 8.76. The van der Waals surface area contributed by atoms with Crippen molar-refractivity contribution >= 4 is 12.1 Å². The van der Waals surface area contributed by atoms with E-state index in [0.29, 0.717) is 38.8 Å². The van der Waals surface area contributed by atoms with Gasteiger partial charge in [0.25, 0.3) is 0 Å². The van der Waals surface area contributed by atoms with Crippen molar-refractivity contribution < 1.29 is 14.3 Å². The number of amides is 1. The van der Waals surface area contributed by atoms with Gasteiger partial charge in [-0.3, -0.25) is 0 Å². The number of ether oxygens (including phenoxy) is 2. The summed E-state index contributed by atoms with van der Waals surface area (Å²) in [7, 11) is 0. The molecule has 2 rings (SSSR count). The van der Waals surface area contributed by atoms with Gasteiger partial charge in [-0.1, -0.05) is 17.7 Å². The lowest BCUT2D eigenvalue weighted by Gasteiger charge is -2.31. The monoisotopic (exact) mass is 348 g/mol. The van der Waals surface area contributed by atoms with Gasteiger partial charge in [0.15, 0.2) is 5.96 Å². The summed E-state index contributed by atoms with van der Waals surface area (Å²) in [4.78, 5) is 17.7. The van der Waals surface area contributed by atoms with Gasteiger partial charge in [0.05, 0.1) is 13.2 Å². The minimum Gasteiger partial charge on any atom is -0.492 e. The Balaban J connectivity index is 1.64. The van der Waals surface area contributed by atoms with Crippen LogP contribution in [0.1, 0.15) is 25.3 Å². The maximum atomic E-state index is 11.7. The number of guanidine groups is 1. The van der Waals surface area contributed by atoms with Crippen molar-refractivity contribution in [2.24, 2.45) is 10.7 Å². The van der Waals surface area contributed by atoms with Crippen LogP contribution in [0.5, 0.6) is 5.75 Å². The van der Waals surface area contributed by atoms with Crippen molar-refractivity contribution in [3.05, 3.63) is 29.8 Å². The van der Waals surface area contributed by atoms with E-state index in [-0.39, 0.29) is 12.1 Å². The van der Waals surface area contributed by atoms with Gasteiger partial charge in [-0.05, 0) is 38.8 Å². The summed E-state index contributed by atoms with van der Waals surface area (Å²) in [5, 5.41) is 3.21. The highest BCUT2D eigenvalue weighted by Gasteiger charge is 2.23. The zero-order chi connectivity index (χ0) is 18.1. The Morgan fingerprint density at radius 1 is 1.32 bits per heavy atom. The van der Waals surface area contributed by atoms with Gasteiger partial charge in [-0.15, -0.1) is 0 Å². The lowest BCUT2D eigenvalue weighted by atomic mass is 10.1. The normalized spacial score (nSPS) is 15.8. The molecular formula is C18H28N4O3. The highest BCUT2D eigenvalue weighted by atomic mass is 16.6. The summed E-state index contributed by atoms with van der Waals surface area (Å²) >= 11 is 0. The molecule has 1 aromatic rings. The van der Waals surface area contributed by atoms with Crippen LogP contribution in [0.25, 0.3) is 0 Å². The second kappa shape index (κ2) is 9.76. The van der Waals surface area contributed by atoms with E-state index in [4.69, 9.17) is 15.2 Å². The van der Waals surface area contributed by atoms with E-state index in [0.717, 1.165) is 18.6 Å². The summed E-state index contributed by atoms with van der Waals surface area (Å²) in [6.07, 6.45) is 1.42. The van der Waals surface area contributed by atoms with Crippen molar-refractivity contribution in [3.8, 4) is 5.75 Å². The fraction of sp³-hybridized carbons (Fsp3) is 0.556. The molecule has 1 amide bonds. The third kappa shape index (κ3) is 6.52. The van der Waals surface area contributed by atoms with Crippen LogP contribution in [0, 0.1) is 6.92 Å². The minimum atomic E-state index is -0.240. The molecule has 1 aliphatic heterocycles. The molecule has 1 fully saturated rings. The lowest BCUT2D eigenvalue weighted by molar-refractivity contribution is 0.0963. The Hall–Kier alpha value is -2.44. The number of likely N-dealkylation sites (tertiary alicyclic amines) is 1. The predicted octanol–water partition coefficient (Wildman–Crippen LogP) is 1.90. The number of nitrogens with zero attached hydrogens (tertiary/aromatic N) is 2. The highest BCUT2D eigenvalue weighted by Crippen LogP contribution is 2.12. The summed E-state index contributed by atoms with van der Waals surface area (Å²) in [5.41, 5.74) is 7.13. The summed E-state index contributed by atoms with van der Waals surface area (Å²) in [6, 6.07) is 8.14. The Kier molecular flexibility index (Phi) is 7.37. The zero-order valence-corrected chi connectivity index (χ0v) is 15.0. The summed E-state index contributed by atoms with van der Waals surface area (Å²) in [6.45, 7) is 6.56. The third-order valence-electron chi connectivity index (χ3n) is 4.04. The molecule has 0 bridgehead atoms. The molecule has 0 spiro atoms. The molecule has 0 unspecified atom stereocenters. The first kappa shape index (κ1) is 18.9. The number of carbonyl (C=O) groups is 1. The maximum absolute atomic E-state index is 11.7. The molecule has 1 heterocycles. The van der Waals surface area contributed by atoms with Gasteiger partial charge < -0.3 is 25.4 Å². The summed E-state index contributed by atoms with van der Waals surface area (Å²) < 4.78 is 10.6. The largest absolute Gasteiger partial charge is 0.492 e. The molecule has 7 nitrogen and oxygen atoms in total. The van der Waals surface area contributed by atoms with Crippen molar-refractivity contribution in [2.75, 3.05) is 32.8 Å². The second-order valence-corrected chi connectivity index (χ2v) is 6.03. The number of hydrogen-bond donors (Lipinski definition) is 2. The quantitative estimate of drug-likeness (QED) is 0.466. The standard InChI is InChI=1S/C18H28N4O3/c1-3-24-18(23)22-11-8-15(9-12-22)21-17(19)20-10-13-25-16-6-4-14(2)5-7-16/h4-7,15H,3,8-13H2,1-2H3,(H3,19,20,21). The Bertz CT molecular complexity index is 566. The van der Waals surface area contributed by atoms with Gasteiger partial charge in [0, 0.05) is 19.1 Å². The van der Waals surface area contributed by atoms with Crippen LogP contribution < -0.4 is 15.8 Å². The first-order chi connectivity index (χ1) is 12.1. The average Bonchev–Trinajstić information content (AvgIpc) is 2.61. The zero-order valence-electron chi connectivity index (χ0n) is 15.0. The van der Waals surface area contributed by atoms with Crippen LogP contribution >= 0.6 is 0 Å². The van der Waals surface area contributed by atoms with E-state index in [1.54, 1.807) is 4.90 Å². The van der Waals surface area contributed by atoms with Crippen molar-refractivity contribution in [1.82, 2.24) is 10.2 Å². The van der Waals surface area contributed by atoms with Crippen LogP contribution in [-0.4, -0.2) is 55.8 Å². The first-order valence-corrected chi connectivity index (χ1v) is 8.76. The molecule has 0 saturated carbocycles. The minimum absolute atomic E-state index is 0.229. The fourth-order valence-corrected chi connectivity index (χ4v) is 2.64. The molecule has 1 saturated heterocycles. The molecule has 138 valence electrons. The van der Waals surface area contributed by atoms with E-state index < -0.39 is 0 Å². The number of aryl methyl sites for hydroxylation is 1. The Labute approximate surface area is 149 Å². The topological polar surface area (TPSA) is 89.2 Å². The highest BCUT2D eigenvalue weighted by molar-refractivity contribution is 5.78. The predicted molar refractivity (Wildman–Crippen MR) is 97.9 cm³/mol. The summed E-state index contributed by atoms with van der Waals surface area (Å²) in [5.74, 6) is 1.25. The number of piperidine rings is 1. The number of hydrogen-bond acceptors (Lipinski definition) is 4. The molecule has 0 atom stereocenters. The molecule has 0 aromatic heterocycles. The van der Waals surface area contributed by atoms with Gasteiger partial charge >= 0.3 is 6.09 Å². The Morgan fingerprint density at radius 3 is 2.64 bits per heavy atom. The number of nitrogens with two attached hydrogens (primary N) is 1. The van der Waals surface area contributed by atoms with Crippen LogP contribution in [0.2, 0.25) is 0 Å². The maximum Gasteiger partial charge on any atom is 0.409 e. The van der Waals surface area contributed by atoms with E-state index in [1.807, 2.05) is 38.1 Å².